The summed E-state index contributed by atoms with van der Waals surface area (Å²) in [5.74, 6) is 0.858. The van der Waals surface area contributed by atoms with E-state index in [-0.39, 0.29) is 11.4 Å². The molecule has 5 nitrogen and oxygen atoms in total. The average molecular weight is 257 g/mol. The predicted molar refractivity (Wildman–Crippen MR) is 67.5 cm³/mol. The zero-order valence-electron chi connectivity index (χ0n) is 10.3. The Morgan fingerprint density at radius 3 is 2.76 bits per heavy atom. The highest BCUT2D eigenvalue weighted by Crippen LogP contribution is 2.22. The number of halogens is 1. The quantitative estimate of drug-likeness (QED) is 0.752. The molecule has 17 heavy (non-hydrogen) atoms. The summed E-state index contributed by atoms with van der Waals surface area (Å²) in [7, 11) is 5.87. The third-order valence-corrected chi connectivity index (χ3v) is 3.32. The minimum Gasteiger partial charge on any atom is -0.378 e. The maximum atomic E-state index is 5.80. The van der Waals surface area contributed by atoms with Crippen LogP contribution in [0, 0.1) is 0 Å². The van der Waals surface area contributed by atoms with Gasteiger partial charge >= 0.3 is 0 Å². The molecule has 0 aliphatic carbocycles. The SMILES string of the molecule is CO[C@@H]1CN(c2ccnc(Cl)n2)C[C@@H]1N(C)C. The topological polar surface area (TPSA) is 41.5 Å². The zero-order valence-corrected chi connectivity index (χ0v) is 11.1. The van der Waals surface area contributed by atoms with Gasteiger partial charge in [0.1, 0.15) is 5.82 Å². The molecule has 94 valence electrons. The van der Waals surface area contributed by atoms with Crippen LogP contribution in [-0.4, -0.2) is 61.3 Å². The molecular weight excluding hydrogens is 240 g/mol. The average Bonchev–Trinajstić information content (AvgIpc) is 2.73. The van der Waals surface area contributed by atoms with Crippen LogP contribution in [0.2, 0.25) is 5.28 Å². The third kappa shape index (κ3) is 2.68. The number of ether oxygens (including phenoxy) is 1. The van der Waals surface area contributed by atoms with Crippen LogP contribution in [0.5, 0.6) is 0 Å². The zero-order chi connectivity index (χ0) is 12.4. The summed E-state index contributed by atoms with van der Waals surface area (Å²) in [5, 5.41) is 0.282. The highest BCUT2D eigenvalue weighted by Gasteiger charge is 2.34. The number of methoxy groups -OCH3 is 1. The largest absolute Gasteiger partial charge is 0.378 e. The van der Waals surface area contributed by atoms with Gasteiger partial charge in [-0.15, -0.1) is 0 Å². The van der Waals surface area contributed by atoms with Crippen molar-refractivity contribution < 1.29 is 4.74 Å². The van der Waals surface area contributed by atoms with Crippen LogP contribution in [0.4, 0.5) is 5.82 Å². The summed E-state index contributed by atoms with van der Waals surface area (Å²) < 4.78 is 5.51. The van der Waals surface area contributed by atoms with E-state index < -0.39 is 0 Å². The van der Waals surface area contributed by atoms with Crippen molar-refractivity contribution in [2.75, 3.05) is 39.2 Å². The molecule has 2 atom stereocenters. The summed E-state index contributed by atoms with van der Waals surface area (Å²) in [4.78, 5) is 12.5. The number of anilines is 1. The molecule has 6 heteroatoms. The molecule has 1 fully saturated rings. The Bertz CT molecular complexity index is 387. The monoisotopic (exact) mass is 256 g/mol. The molecule has 1 aromatic rings. The summed E-state index contributed by atoms with van der Waals surface area (Å²) in [5.41, 5.74) is 0. The van der Waals surface area contributed by atoms with Gasteiger partial charge in [-0.25, -0.2) is 9.97 Å². The van der Waals surface area contributed by atoms with Gasteiger partial charge in [0, 0.05) is 26.4 Å². The van der Waals surface area contributed by atoms with Gasteiger partial charge in [0.2, 0.25) is 5.28 Å². The van der Waals surface area contributed by atoms with Crippen LogP contribution in [0.25, 0.3) is 0 Å². The molecule has 0 unspecified atom stereocenters. The fraction of sp³-hybridized carbons (Fsp3) is 0.636. The third-order valence-electron chi connectivity index (χ3n) is 3.14. The van der Waals surface area contributed by atoms with Crippen molar-refractivity contribution in [3.05, 3.63) is 17.5 Å². The van der Waals surface area contributed by atoms with Gasteiger partial charge in [-0.1, -0.05) is 0 Å². The van der Waals surface area contributed by atoms with E-state index in [1.807, 2.05) is 6.07 Å². The Morgan fingerprint density at radius 2 is 2.24 bits per heavy atom. The summed E-state index contributed by atoms with van der Waals surface area (Å²) >= 11 is 5.80. The second-order valence-electron chi connectivity index (χ2n) is 4.39. The Kier molecular flexibility index (Phi) is 3.81. The molecule has 0 aromatic carbocycles. The molecule has 0 spiro atoms. The van der Waals surface area contributed by atoms with Crippen molar-refractivity contribution >= 4 is 17.4 Å². The second kappa shape index (κ2) is 5.16. The molecular formula is C11H17ClN4O. The van der Waals surface area contributed by atoms with E-state index in [1.165, 1.54) is 0 Å². The van der Waals surface area contributed by atoms with Gasteiger partial charge < -0.3 is 14.5 Å². The number of nitrogens with zero attached hydrogens (tertiary/aromatic N) is 4. The van der Waals surface area contributed by atoms with Gasteiger partial charge in [-0.05, 0) is 31.8 Å². The first kappa shape index (κ1) is 12.5. The smallest absolute Gasteiger partial charge is 0.224 e. The maximum Gasteiger partial charge on any atom is 0.224 e. The van der Waals surface area contributed by atoms with Crippen molar-refractivity contribution in [2.24, 2.45) is 0 Å². The summed E-state index contributed by atoms with van der Waals surface area (Å²) in [6.45, 7) is 1.71. The van der Waals surface area contributed by atoms with Crippen molar-refractivity contribution in [1.82, 2.24) is 14.9 Å². The molecule has 1 saturated heterocycles. The lowest BCUT2D eigenvalue weighted by molar-refractivity contribution is 0.0639. The normalized spacial score (nSPS) is 24.6. The van der Waals surface area contributed by atoms with E-state index in [0.29, 0.717) is 6.04 Å². The van der Waals surface area contributed by atoms with Crippen LogP contribution < -0.4 is 4.90 Å². The lowest BCUT2D eigenvalue weighted by Crippen LogP contribution is -2.39. The summed E-state index contributed by atoms with van der Waals surface area (Å²) in [6, 6.07) is 2.24. The first-order valence-corrected chi connectivity index (χ1v) is 5.92. The number of rotatable bonds is 3. The van der Waals surface area contributed by atoms with Gasteiger partial charge in [-0.2, -0.15) is 0 Å². The van der Waals surface area contributed by atoms with E-state index in [0.717, 1.165) is 18.9 Å². The maximum absolute atomic E-state index is 5.80. The molecule has 0 radical (unpaired) electrons. The van der Waals surface area contributed by atoms with E-state index >= 15 is 0 Å². The molecule has 2 heterocycles. The van der Waals surface area contributed by atoms with Crippen LogP contribution >= 0.6 is 11.6 Å². The lowest BCUT2D eigenvalue weighted by Gasteiger charge is -2.23. The van der Waals surface area contributed by atoms with Crippen molar-refractivity contribution in [2.45, 2.75) is 12.1 Å². The van der Waals surface area contributed by atoms with Crippen molar-refractivity contribution in [1.29, 1.82) is 0 Å². The predicted octanol–water partition coefficient (Wildman–Crippen LogP) is 0.895. The fourth-order valence-electron chi connectivity index (χ4n) is 2.17. The summed E-state index contributed by atoms with van der Waals surface area (Å²) in [6.07, 6.45) is 1.87. The number of aromatic nitrogens is 2. The van der Waals surface area contributed by atoms with Gasteiger partial charge in [0.15, 0.2) is 0 Å². The van der Waals surface area contributed by atoms with Gasteiger partial charge in [-0.3, -0.25) is 0 Å². The van der Waals surface area contributed by atoms with Gasteiger partial charge in [0.05, 0.1) is 12.1 Å². The van der Waals surface area contributed by atoms with E-state index in [2.05, 4.69) is 33.9 Å². The minimum absolute atomic E-state index is 0.193. The standard InChI is InChI=1S/C11H17ClN4O/c1-15(2)8-6-16(7-9(8)17-3)10-4-5-13-11(12)14-10/h4-5,8-9H,6-7H2,1-3H3/t8-,9+/m0/s1. The number of hydrogen-bond donors (Lipinski definition) is 0. The van der Waals surface area contributed by atoms with Crippen LogP contribution in [0.15, 0.2) is 12.3 Å². The molecule has 0 bridgehead atoms. The van der Waals surface area contributed by atoms with E-state index in [9.17, 15) is 0 Å². The van der Waals surface area contributed by atoms with Crippen LogP contribution in [0.3, 0.4) is 0 Å². The van der Waals surface area contributed by atoms with Crippen molar-refractivity contribution in [3.63, 3.8) is 0 Å². The first-order chi connectivity index (χ1) is 8.11. The Hall–Kier alpha value is -0.910. The van der Waals surface area contributed by atoms with Crippen LogP contribution in [-0.2, 0) is 4.74 Å². The molecule has 0 saturated carbocycles. The Balaban J connectivity index is 2.15. The lowest BCUT2D eigenvalue weighted by atomic mass is 10.2. The van der Waals surface area contributed by atoms with Crippen molar-refractivity contribution in [3.8, 4) is 0 Å². The second-order valence-corrected chi connectivity index (χ2v) is 4.73. The fourth-order valence-corrected chi connectivity index (χ4v) is 2.32. The highest BCUT2D eigenvalue weighted by atomic mass is 35.5. The Labute approximate surface area is 106 Å². The molecule has 2 rings (SSSR count). The van der Waals surface area contributed by atoms with E-state index in [1.54, 1.807) is 13.3 Å². The Morgan fingerprint density at radius 1 is 1.47 bits per heavy atom. The number of hydrogen-bond acceptors (Lipinski definition) is 5. The molecule has 1 aliphatic heterocycles. The van der Waals surface area contributed by atoms with Gasteiger partial charge in [0.25, 0.3) is 0 Å². The molecule has 0 N–H and O–H groups in total. The molecule has 1 aliphatic rings. The highest BCUT2D eigenvalue weighted by molar-refractivity contribution is 6.28. The number of likely N-dealkylation sites (N-methyl/N-ethyl adjacent to an activating group) is 1. The molecule has 1 aromatic heterocycles. The first-order valence-electron chi connectivity index (χ1n) is 5.54. The van der Waals surface area contributed by atoms with E-state index in [4.69, 9.17) is 16.3 Å². The molecule has 0 amide bonds. The van der Waals surface area contributed by atoms with Crippen LogP contribution in [0.1, 0.15) is 0 Å². The minimum atomic E-state index is 0.193.